The number of nitrogens with zero attached hydrogens (tertiary/aromatic N) is 3. The molecule has 1 saturated heterocycles. The normalized spacial score (nSPS) is 38.3. The van der Waals surface area contributed by atoms with Gasteiger partial charge in [-0.05, 0) is 69.1 Å². The van der Waals surface area contributed by atoms with Crippen LogP contribution < -0.4 is 16.0 Å². The van der Waals surface area contributed by atoms with Crippen LogP contribution in [0.15, 0.2) is 6.33 Å². The van der Waals surface area contributed by atoms with Crippen LogP contribution in [0.2, 0.25) is 0 Å². The van der Waals surface area contributed by atoms with Crippen molar-refractivity contribution in [3.8, 4) is 0 Å². The van der Waals surface area contributed by atoms with Gasteiger partial charge in [0.25, 0.3) is 0 Å². The lowest BCUT2D eigenvalue weighted by molar-refractivity contribution is 0.0106. The van der Waals surface area contributed by atoms with E-state index in [1.165, 1.54) is 51.4 Å². The van der Waals surface area contributed by atoms with Crippen molar-refractivity contribution in [3.63, 3.8) is 0 Å². The van der Waals surface area contributed by atoms with Crippen molar-refractivity contribution in [2.24, 2.45) is 17.8 Å². The highest BCUT2D eigenvalue weighted by molar-refractivity contribution is 5.75. The first kappa shape index (κ1) is 13.9. The molecule has 0 amide bonds. The third-order valence-electron chi connectivity index (χ3n) is 6.69. The molecule has 1 aromatic heterocycles. The molecule has 4 aliphatic carbocycles. The molecular formula is C18H27N5. The predicted molar refractivity (Wildman–Crippen MR) is 92.4 cm³/mol. The maximum Gasteiger partial charge on any atom is 0.157 e. The van der Waals surface area contributed by atoms with Crippen molar-refractivity contribution in [2.45, 2.75) is 56.9 Å². The summed E-state index contributed by atoms with van der Waals surface area (Å²) in [6, 6.07) is 0. The van der Waals surface area contributed by atoms with Crippen molar-refractivity contribution < 1.29 is 0 Å². The second-order valence-electron chi connectivity index (χ2n) is 8.48. The number of aromatic nitrogens is 2. The van der Waals surface area contributed by atoms with Crippen molar-refractivity contribution >= 4 is 17.3 Å². The fourth-order valence-corrected chi connectivity index (χ4v) is 6.18. The molecule has 0 atom stereocenters. The topological polar surface area (TPSA) is 67.1 Å². The lowest BCUT2D eigenvalue weighted by Crippen LogP contribution is -2.55. The summed E-state index contributed by atoms with van der Waals surface area (Å²) in [6.45, 7) is 2.13. The van der Waals surface area contributed by atoms with Crippen molar-refractivity contribution in [2.75, 3.05) is 29.0 Å². The Morgan fingerprint density at radius 2 is 1.61 bits per heavy atom. The van der Waals surface area contributed by atoms with Crippen molar-refractivity contribution in [1.82, 2.24) is 9.97 Å². The molecule has 0 aromatic carbocycles. The minimum Gasteiger partial charge on any atom is -0.393 e. The first-order valence-corrected chi connectivity index (χ1v) is 9.34. The number of hydrogen-bond acceptors (Lipinski definition) is 5. The molecule has 5 fully saturated rings. The Balaban J connectivity index is 1.43. The number of nitrogens with two attached hydrogens (primary N) is 1. The summed E-state index contributed by atoms with van der Waals surface area (Å²) in [5.41, 5.74) is 7.47. The quantitative estimate of drug-likeness (QED) is 0.898. The van der Waals surface area contributed by atoms with Crippen LogP contribution in [0.5, 0.6) is 0 Å². The second-order valence-corrected chi connectivity index (χ2v) is 8.48. The molecule has 3 N–H and O–H groups in total. The van der Waals surface area contributed by atoms with Crippen molar-refractivity contribution in [1.29, 1.82) is 0 Å². The van der Waals surface area contributed by atoms with Crippen LogP contribution in [0.25, 0.3) is 0 Å². The van der Waals surface area contributed by atoms with Gasteiger partial charge in [-0.2, -0.15) is 0 Å². The highest BCUT2D eigenvalue weighted by Gasteiger charge is 2.51. The molecule has 1 aromatic rings. The van der Waals surface area contributed by atoms with Crippen LogP contribution >= 0.6 is 0 Å². The molecule has 0 spiro atoms. The van der Waals surface area contributed by atoms with Crippen LogP contribution in [0, 0.1) is 17.8 Å². The van der Waals surface area contributed by atoms with E-state index in [0.29, 0.717) is 0 Å². The maximum atomic E-state index is 6.46. The van der Waals surface area contributed by atoms with Gasteiger partial charge in [-0.25, -0.2) is 9.97 Å². The summed E-state index contributed by atoms with van der Waals surface area (Å²) in [4.78, 5) is 11.3. The Hall–Kier alpha value is -1.52. The Bertz CT molecular complexity index is 572. The fraction of sp³-hybridized carbons (Fsp3) is 0.778. The molecule has 1 aliphatic heterocycles. The molecule has 23 heavy (non-hydrogen) atoms. The zero-order chi connectivity index (χ0) is 15.4. The number of nitrogens with one attached hydrogen (secondary N) is 1. The van der Waals surface area contributed by atoms with Gasteiger partial charge in [-0.1, -0.05) is 0 Å². The fourth-order valence-electron chi connectivity index (χ4n) is 6.18. The van der Waals surface area contributed by atoms with Crippen molar-refractivity contribution in [3.05, 3.63) is 6.33 Å². The minimum absolute atomic E-state index is 0.250. The summed E-state index contributed by atoms with van der Waals surface area (Å²) in [6.07, 6.45) is 12.5. The van der Waals surface area contributed by atoms with E-state index in [0.717, 1.165) is 48.2 Å². The third kappa shape index (κ3) is 2.27. The molecule has 5 heteroatoms. The lowest BCUT2D eigenvalue weighted by Gasteiger charge is -2.57. The first-order valence-electron chi connectivity index (χ1n) is 9.34. The Labute approximate surface area is 138 Å². The van der Waals surface area contributed by atoms with Gasteiger partial charge in [0, 0.05) is 18.6 Å². The van der Waals surface area contributed by atoms with E-state index in [2.05, 4.69) is 20.2 Å². The zero-order valence-electron chi connectivity index (χ0n) is 13.8. The van der Waals surface area contributed by atoms with E-state index in [-0.39, 0.29) is 5.54 Å². The van der Waals surface area contributed by atoms with Gasteiger partial charge in [-0.3, -0.25) is 0 Å². The van der Waals surface area contributed by atoms with Gasteiger partial charge in [0.15, 0.2) is 11.6 Å². The van der Waals surface area contributed by atoms with Crippen LogP contribution in [0.4, 0.5) is 17.3 Å². The molecule has 0 unspecified atom stereocenters. The summed E-state index contributed by atoms with van der Waals surface area (Å²) < 4.78 is 0. The highest BCUT2D eigenvalue weighted by Crippen LogP contribution is 2.56. The van der Waals surface area contributed by atoms with Crippen LogP contribution in [-0.2, 0) is 0 Å². The van der Waals surface area contributed by atoms with Gasteiger partial charge in [0.05, 0.1) is 0 Å². The van der Waals surface area contributed by atoms with E-state index in [1.807, 2.05) is 0 Å². The van der Waals surface area contributed by atoms with Gasteiger partial charge in [0.1, 0.15) is 12.0 Å². The third-order valence-corrected chi connectivity index (χ3v) is 6.69. The Morgan fingerprint density at radius 1 is 1.00 bits per heavy atom. The van der Waals surface area contributed by atoms with Crippen LogP contribution in [-0.4, -0.2) is 28.6 Å². The Kier molecular flexibility index (Phi) is 3.01. The smallest absolute Gasteiger partial charge is 0.157 e. The lowest BCUT2D eigenvalue weighted by atomic mass is 9.53. The van der Waals surface area contributed by atoms with Gasteiger partial charge >= 0.3 is 0 Å². The average molecular weight is 313 g/mol. The molecule has 5 nitrogen and oxygen atoms in total. The summed E-state index contributed by atoms with van der Waals surface area (Å²) in [5, 5.41) is 3.82. The summed E-state index contributed by atoms with van der Waals surface area (Å²) >= 11 is 0. The number of hydrogen-bond donors (Lipinski definition) is 2. The second kappa shape index (κ2) is 4.99. The molecule has 5 aliphatic rings. The van der Waals surface area contributed by atoms with E-state index >= 15 is 0 Å². The summed E-state index contributed by atoms with van der Waals surface area (Å²) in [5.74, 6) is 4.59. The van der Waals surface area contributed by atoms with E-state index in [9.17, 15) is 0 Å². The minimum atomic E-state index is 0.250. The Morgan fingerprint density at radius 3 is 2.22 bits per heavy atom. The standard InChI is InChI=1S/C18H27N5/c19-15-16(20-11-21-17(15)23-3-1-2-4-23)22-18-8-12-5-13(9-18)7-14(6-12)10-18/h11-14H,1-10,19H2,(H,20,21,22). The number of anilines is 3. The van der Waals surface area contributed by atoms with E-state index in [1.54, 1.807) is 6.33 Å². The first-order chi connectivity index (χ1) is 11.2. The van der Waals surface area contributed by atoms with E-state index < -0.39 is 0 Å². The molecule has 6 rings (SSSR count). The molecule has 0 radical (unpaired) electrons. The van der Waals surface area contributed by atoms with E-state index in [4.69, 9.17) is 5.73 Å². The van der Waals surface area contributed by atoms with Gasteiger partial charge < -0.3 is 16.0 Å². The summed E-state index contributed by atoms with van der Waals surface area (Å²) in [7, 11) is 0. The zero-order valence-corrected chi connectivity index (χ0v) is 13.8. The highest BCUT2D eigenvalue weighted by atomic mass is 15.2. The average Bonchev–Trinajstić information content (AvgIpc) is 3.02. The monoisotopic (exact) mass is 313 g/mol. The number of nitrogen functional groups attached to an aromatic ring is 1. The number of rotatable bonds is 3. The molecule has 2 heterocycles. The SMILES string of the molecule is Nc1c(NC23CC4CC(CC(C4)C2)C3)ncnc1N1CCCC1. The van der Waals surface area contributed by atoms with Crippen LogP contribution in [0.1, 0.15) is 51.4 Å². The predicted octanol–water partition coefficient (Wildman–Crippen LogP) is 3.04. The molecule has 4 bridgehead atoms. The van der Waals surface area contributed by atoms with Gasteiger partial charge in [-0.15, -0.1) is 0 Å². The van der Waals surface area contributed by atoms with Crippen LogP contribution in [0.3, 0.4) is 0 Å². The molecule has 124 valence electrons. The molecule has 4 saturated carbocycles. The molecular weight excluding hydrogens is 286 g/mol. The largest absolute Gasteiger partial charge is 0.393 e. The maximum absolute atomic E-state index is 6.46. The van der Waals surface area contributed by atoms with Gasteiger partial charge in [0.2, 0.25) is 0 Å².